The number of para-hydroxylation sites is 1. The minimum Gasteiger partial charge on any atom is -0.469 e. The number of hydroxylamine groups is 2. The summed E-state index contributed by atoms with van der Waals surface area (Å²) in [5, 5.41) is 1.47. The van der Waals surface area contributed by atoms with Gasteiger partial charge in [0.25, 0.3) is 5.79 Å². The molecule has 35 heavy (non-hydrogen) atoms. The molecule has 1 aromatic rings. The highest BCUT2D eigenvalue weighted by atomic mass is 16.7. The van der Waals surface area contributed by atoms with Crippen molar-refractivity contribution >= 4 is 23.6 Å². The Labute approximate surface area is 203 Å². The van der Waals surface area contributed by atoms with Crippen LogP contribution >= 0.6 is 0 Å². The highest BCUT2D eigenvalue weighted by Gasteiger charge is 2.45. The minimum atomic E-state index is -1.39. The molecule has 0 aliphatic carbocycles. The number of carbonyl (C=O) groups excluding carboxylic acids is 3. The molecular weight excluding hydrogens is 458 g/mol. The van der Waals surface area contributed by atoms with Gasteiger partial charge in [-0.05, 0) is 25.0 Å². The standard InChI is InChI=1S/C24H29N3O8/c1-24(2)34-22(29)19(23(30)35-24)20(25-12-10-16(11-13-25)21(28)31-3)27(17-8-6-5-7-9-17)18-14-26(32-4)15-33-18/h5-9,14,16H,10-13,15H2,1-4H3. The average molecular weight is 488 g/mol. The molecule has 11 heteroatoms. The number of cyclic esters (lactones) is 2. The molecule has 4 rings (SSSR count). The fraction of sp³-hybridized carbons (Fsp3) is 0.458. The van der Waals surface area contributed by atoms with Gasteiger partial charge in [0, 0.05) is 26.9 Å². The number of piperidine rings is 1. The Hall–Kier alpha value is -3.73. The van der Waals surface area contributed by atoms with Crippen molar-refractivity contribution in [1.82, 2.24) is 9.96 Å². The molecule has 3 aliphatic rings. The molecule has 2 saturated heterocycles. The molecular formula is C24H29N3O8. The number of esters is 3. The Kier molecular flexibility index (Phi) is 6.88. The second kappa shape index (κ2) is 9.87. The van der Waals surface area contributed by atoms with Crippen LogP contribution in [-0.2, 0) is 38.2 Å². The third-order valence-corrected chi connectivity index (χ3v) is 5.91. The van der Waals surface area contributed by atoms with Gasteiger partial charge in [0.1, 0.15) is 5.82 Å². The first kappa shape index (κ1) is 24.4. The van der Waals surface area contributed by atoms with Gasteiger partial charge >= 0.3 is 17.9 Å². The van der Waals surface area contributed by atoms with E-state index >= 15 is 0 Å². The number of carbonyl (C=O) groups is 3. The molecule has 1 aromatic carbocycles. The van der Waals surface area contributed by atoms with Crippen LogP contribution in [-0.4, -0.2) is 67.7 Å². The first-order valence-electron chi connectivity index (χ1n) is 11.3. The molecule has 0 N–H and O–H groups in total. The van der Waals surface area contributed by atoms with Gasteiger partial charge in [-0.25, -0.2) is 14.7 Å². The Balaban J connectivity index is 1.84. The third kappa shape index (κ3) is 5.04. The van der Waals surface area contributed by atoms with Crippen molar-refractivity contribution in [2.45, 2.75) is 32.5 Å². The Morgan fingerprint density at radius 1 is 1.06 bits per heavy atom. The average Bonchev–Trinajstić information content (AvgIpc) is 3.31. The lowest BCUT2D eigenvalue weighted by molar-refractivity contribution is -0.222. The van der Waals surface area contributed by atoms with Crippen LogP contribution in [0.3, 0.4) is 0 Å². The summed E-state index contributed by atoms with van der Waals surface area (Å²) in [4.78, 5) is 47.3. The van der Waals surface area contributed by atoms with Crippen molar-refractivity contribution in [1.29, 1.82) is 0 Å². The summed E-state index contributed by atoms with van der Waals surface area (Å²) in [6.07, 6.45) is 2.58. The number of nitrogens with zero attached hydrogens (tertiary/aromatic N) is 3. The maximum absolute atomic E-state index is 13.2. The lowest BCUT2D eigenvalue weighted by atomic mass is 9.96. The van der Waals surface area contributed by atoms with Crippen LogP contribution in [0.15, 0.2) is 53.8 Å². The lowest BCUT2D eigenvalue weighted by Crippen LogP contribution is -2.48. The molecule has 0 amide bonds. The van der Waals surface area contributed by atoms with Crippen molar-refractivity contribution in [2.24, 2.45) is 5.92 Å². The van der Waals surface area contributed by atoms with Crippen LogP contribution in [0.5, 0.6) is 0 Å². The Morgan fingerprint density at radius 3 is 2.23 bits per heavy atom. The van der Waals surface area contributed by atoms with E-state index < -0.39 is 17.7 Å². The normalized spacial score (nSPS) is 20.0. The van der Waals surface area contributed by atoms with E-state index in [1.54, 1.807) is 11.1 Å². The number of rotatable bonds is 6. The Morgan fingerprint density at radius 2 is 1.69 bits per heavy atom. The van der Waals surface area contributed by atoms with E-state index in [9.17, 15) is 14.4 Å². The van der Waals surface area contributed by atoms with Gasteiger partial charge in [-0.2, -0.15) is 0 Å². The van der Waals surface area contributed by atoms with Gasteiger partial charge < -0.3 is 23.8 Å². The predicted octanol–water partition coefficient (Wildman–Crippen LogP) is 2.08. The molecule has 2 fully saturated rings. The SMILES string of the molecule is COC(=O)C1CCN(C(=C2C(=O)OC(C)(C)OC2=O)N(C2=CN(OC)CO2)c2ccccc2)CC1. The highest BCUT2D eigenvalue weighted by Crippen LogP contribution is 2.36. The first-order valence-corrected chi connectivity index (χ1v) is 11.3. The van der Waals surface area contributed by atoms with Gasteiger partial charge in [-0.3, -0.25) is 14.5 Å². The summed E-state index contributed by atoms with van der Waals surface area (Å²) in [6, 6.07) is 9.17. The molecule has 0 unspecified atom stereocenters. The molecule has 3 heterocycles. The summed E-state index contributed by atoms with van der Waals surface area (Å²) in [5.74, 6) is -2.99. The van der Waals surface area contributed by atoms with Crippen molar-refractivity contribution < 1.29 is 38.2 Å². The number of likely N-dealkylation sites (tertiary alicyclic amines) is 1. The lowest BCUT2D eigenvalue weighted by Gasteiger charge is -2.41. The second-order valence-electron chi connectivity index (χ2n) is 8.67. The smallest absolute Gasteiger partial charge is 0.352 e. The number of hydrogen-bond donors (Lipinski definition) is 0. The molecule has 0 spiro atoms. The van der Waals surface area contributed by atoms with Gasteiger partial charge in [0.2, 0.25) is 5.88 Å². The van der Waals surface area contributed by atoms with E-state index in [0.29, 0.717) is 37.5 Å². The number of benzene rings is 1. The highest BCUT2D eigenvalue weighted by molar-refractivity contribution is 6.16. The first-order chi connectivity index (χ1) is 16.7. The predicted molar refractivity (Wildman–Crippen MR) is 121 cm³/mol. The molecule has 3 aliphatic heterocycles. The summed E-state index contributed by atoms with van der Waals surface area (Å²) in [7, 11) is 2.87. The number of hydrogen-bond acceptors (Lipinski definition) is 11. The maximum atomic E-state index is 13.2. The third-order valence-electron chi connectivity index (χ3n) is 5.91. The van der Waals surface area contributed by atoms with E-state index in [4.69, 9.17) is 23.8 Å². The van der Waals surface area contributed by atoms with Crippen molar-refractivity contribution in [3.63, 3.8) is 0 Å². The Bertz CT molecular complexity index is 1020. The van der Waals surface area contributed by atoms with E-state index in [1.165, 1.54) is 33.1 Å². The van der Waals surface area contributed by atoms with Crippen LogP contribution in [0, 0.1) is 5.92 Å². The van der Waals surface area contributed by atoms with Crippen LogP contribution < -0.4 is 4.90 Å². The van der Waals surface area contributed by atoms with Gasteiger partial charge in [-0.15, -0.1) is 0 Å². The van der Waals surface area contributed by atoms with Crippen molar-refractivity contribution in [3.8, 4) is 0 Å². The second-order valence-corrected chi connectivity index (χ2v) is 8.67. The van der Waals surface area contributed by atoms with E-state index in [2.05, 4.69) is 0 Å². The molecule has 188 valence electrons. The fourth-order valence-corrected chi connectivity index (χ4v) is 4.23. The van der Waals surface area contributed by atoms with Crippen molar-refractivity contribution in [3.05, 3.63) is 53.8 Å². The fourth-order valence-electron chi connectivity index (χ4n) is 4.23. The van der Waals surface area contributed by atoms with Crippen LogP contribution in [0.1, 0.15) is 26.7 Å². The monoisotopic (exact) mass is 487 g/mol. The maximum Gasteiger partial charge on any atom is 0.352 e. The van der Waals surface area contributed by atoms with E-state index in [0.717, 1.165) is 0 Å². The molecule has 11 nitrogen and oxygen atoms in total. The zero-order chi connectivity index (χ0) is 25.2. The molecule has 0 atom stereocenters. The van der Waals surface area contributed by atoms with Gasteiger partial charge in [0.15, 0.2) is 12.3 Å². The van der Waals surface area contributed by atoms with Crippen LogP contribution in [0.25, 0.3) is 0 Å². The molecule has 0 aromatic heterocycles. The zero-order valence-corrected chi connectivity index (χ0v) is 20.2. The van der Waals surface area contributed by atoms with Gasteiger partial charge in [0.05, 0.1) is 32.0 Å². The van der Waals surface area contributed by atoms with Crippen LogP contribution in [0.2, 0.25) is 0 Å². The quantitative estimate of drug-likeness (QED) is 0.334. The number of anilines is 1. The number of ether oxygens (including phenoxy) is 4. The van der Waals surface area contributed by atoms with E-state index in [-0.39, 0.29) is 30.0 Å². The summed E-state index contributed by atoms with van der Waals surface area (Å²) in [5.41, 5.74) is 0.379. The number of methoxy groups -OCH3 is 1. The van der Waals surface area contributed by atoms with Crippen molar-refractivity contribution in [2.75, 3.05) is 38.9 Å². The molecule has 0 bridgehead atoms. The van der Waals surface area contributed by atoms with Crippen LogP contribution in [0.4, 0.5) is 5.69 Å². The largest absolute Gasteiger partial charge is 0.469 e. The van der Waals surface area contributed by atoms with E-state index in [1.807, 2.05) is 35.2 Å². The topological polar surface area (TPSA) is 107 Å². The van der Waals surface area contributed by atoms with Gasteiger partial charge in [-0.1, -0.05) is 18.2 Å². The summed E-state index contributed by atoms with van der Waals surface area (Å²) in [6.45, 7) is 3.87. The summed E-state index contributed by atoms with van der Waals surface area (Å²) < 4.78 is 21.6. The minimum absolute atomic E-state index is 0.115. The molecule has 0 saturated carbocycles. The zero-order valence-electron chi connectivity index (χ0n) is 20.2. The molecule has 0 radical (unpaired) electrons. The summed E-state index contributed by atoms with van der Waals surface area (Å²) >= 11 is 0.